The average molecular weight is 616 g/mol. The average Bonchev–Trinajstić information content (AvgIpc) is 3.04. The molecule has 0 saturated heterocycles. The molecule has 0 aliphatic heterocycles. The zero-order valence-corrected chi connectivity index (χ0v) is 26.5. The summed E-state index contributed by atoms with van der Waals surface area (Å²) in [7, 11) is 0. The van der Waals surface area contributed by atoms with E-state index in [9.17, 15) is 4.79 Å². The summed E-state index contributed by atoms with van der Waals surface area (Å²) in [6, 6.07) is 31.3. The molecular formula is C38H34ClN3O3. The monoisotopic (exact) mass is 615 g/mol. The molecule has 45 heavy (non-hydrogen) atoms. The molecular weight excluding hydrogens is 582 g/mol. The first-order chi connectivity index (χ1) is 21.8. The van der Waals surface area contributed by atoms with E-state index in [1.807, 2.05) is 68.4 Å². The van der Waals surface area contributed by atoms with Gasteiger partial charge in [0.2, 0.25) is 0 Å². The van der Waals surface area contributed by atoms with Crippen LogP contribution >= 0.6 is 11.6 Å². The van der Waals surface area contributed by atoms with Crippen molar-refractivity contribution in [3.8, 4) is 22.9 Å². The lowest BCUT2D eigenvalue weighted by molar-refractivity contribution is 0.308. The number of hydrogen-bond acceptors (Lipinski definition) is 5. The highest BCUT2D eigenvalue weighted by Crippen LogP contribution is 2.34. The van der Waals surface area contributed by atoms with Crippen molar-refractivity contribution in [3.63, 3.8) is 0 Å². The van der Waals surface area contributed by atoms with Gasteiger partial charge in [-0.15, -0.1) is 0 Å². The number of para-hydroxylation sites is 1. The predicted octanol–water partition coefficient (Wildman–Crippen LogP) is 9.16. The van der Waals surface area contributed by atoms with Crippen LogP contribution in [0.3, 0.4) is 0 Å². The summed E-state index contributed by atoms with van der Waals surface area (Å²) in [5.41, 5.74) is 4.94. The van der Waals surface area contributed by atoms with E-state index < -0.39 is 0 Å². The van der Waals surface area contributed by atoms with E-state index >= 15 is 0 Å². The van der Waals surface area contributed by atoms with Gasteiger partial charge in [0.05, 0.1) is 28.7 Å². The van der Waals surface area contributed by atoms with Crippen molar-refractivity contribution >= 4 is 39.5 Å². The molecule has 0 saturated carbocycles. The van der Waals surface area contributed by atoms with Crippen LogP contribution in [-0.2, 0) is 6.61 Å². The van der Waals surface area contributed by atoms with Gasteiger partial charge in [-0.25, -0.2) is 4.98 Å². The Labute approximate surface area is 267 Å². The summed E-state index contributed by atoms with van der Waals surface area (Å²) >= 11 is 6.66. The summed E-state index contributed by atoms with van der Waals surface area (Å²) in [5, 5.41) is 7.91. The lowest BCUT2D eigenvalue weighted by Gasteiger charge is -2.18. The van der Waals surface area contributed by atoms with Gasteiger partial charge in [-0.05, 0) is 95.3 Å². The van der Waals surface area contributed by atoms with Crippen molar-refractivity contribution in [2.24, 2.45) is 5.10 Å². The molecule has 0 fully saturated rings. The van der Waals surface area contributed by atoms with Crippen LogP contribution in [-0.4, -0.2) is 22.5 Å². The Hall–Kier alpha value is -4.94. The van der Waals surface area contributed by atoms with Gasteiger partial charge >= 0.3 is 0 Å². The number of nitrogens with zero attached hydrogens (tertiary/aromatic N) is 3. The summed E-state index contributed by atoms with van der Waals surface area (Å²) in [4.78, 5) is 18.7. The molecule has 0 amide bonds. The highest BCUT2D eigenvalue weighted by Gasteiger charge is 2.18. The van der Waals surface area contributed by atoms with Crippen LogP contribution < -0.4 is 15.0 Å². The predicted molar refractivity (Wildman–Crippen MR) is 184 cm³/mol. The molecule has 0 bridgehead atoms. The van der Waals surface area contributed by atoms with E-state index in [1.165, 1.54) is 4.68 Å². The topological polar surface area (TPSA) is 65.7 Å². The maximum absolute atomic E-state index is 13.8. The number of halogens is 1. The fourth-order valence-electron chi connectivity index (χ4n) is 5.49. The quantitative estimate of drug-likeness (QED) is 0.152. The smallest absolute Gasteiger partial charge is 0.282 e. The zero-order chi connectivity index (χ0) is 31.5. The number of fused-ring (bicyclic) bond motifs is 2. The van der Waals surface area contributed by atoms with E-state index in [0.29, 0.717) is 40.7 Å². The Morgan fingerprint density at radius 1 is 0.889 bits per heavy atom. The first-order valence-electron chi connectivity index (χ1n) is 15.1. The Bertz CT molecular complexity index is 2110. The maximum atomic E-state index is 13.8. The molecule has 6 nitrogen and oxygen atoms in total. The number of aromatic nitrogens is 2. The van der Waals surface area contributed by atoms with Crippen LogP contribution in [0.2, 0.25) is 5.02 Å². The minimum absolute atomic E-state index is 0.207. The van der Waals surface area contributed by atoms with Crippen molar-refractivity contribution in [2.45, 2.75) is 40.2 Å². The summed E-state index contributed by atoms with van der Waals surface area (Å²) in [5.74, 6) is 2.07. The molecule has 0 spiro atoms. The van der Waals surface area contributed by atoms with E-state index in [1.54, 1.807) is 18.3 Å². The third kappa shape index (κ3) is 6.19. The van der Waals surface area contributed by atoms with Crippen LogP contribution in [0, 0.1) is 6.92 Å². The molecule has 6 rings (SSSR count). The van der Waals surface area contributed by atoms with Crippen LogP contribution in [0.1, 0.15) is 48.9 Å². The zero-order valence-electron chi connectivity index (χ0n) is 25.8. The summed E-state index contributed by atoms with van der Waals surface area (Å²) < 4.78 is 13.4. The SMILES string of the molecule is CCOc1cc(C)c(-c2nc3ccccc3c(=O)n2N=Cc2ccc(OCc3cccc4ccccc34)c(Cl)c2)cc1C(C)C. The largest absolute Gasteiger partial charge is 0.494 e. The van der Waals surface area contributed by atoms with Gasteiger partial charge in [0, 0.05) is 5.56 Å². The molecule has 6 aromatic rings. The minimum Gasteiger partial charge on any atom is -0.494 e. The number of aryl methyl sites for hydroxylation is 1. The molecule has 7 heteroatoms. The van der Waals surface area contributed by atoms with E-state index in [4.69, 9.17) is 26.1 Å². The van der Waals surface area contributed by atoms with Gasteiger partial charge in [-0.2, -0.15) is 9.78 Å². The molecule has 0 N–H and O–H groups in total. The third-order valence-corrected chi connectivity index (χ3v) is 8.11. The van der Waals surface area contributed by atoms with E-state index in [-0.39, 0.29) is 11.5 Å². The van der Waals surface area contributed by atoms with Gasteiger partial charge in [-0.1, -0.05) is 80.0 Å². The lowest BCUT2D eigenvalue weighted by atomic mass is 9.96. The lowest BCUT2D eigenvalue weighted by Crippen LogP contribution is -2.20. The van der Waals surface area contributed by atoms with Crippen LogP contribution in [0.25, 0.3) is 33.1 Å². The van der Waals surface area contributed by atoms with Crippen LogP contribution in [0.15, 0.2) is 107 Å². The number of ether oxygens (including phenoxy) is 2. The van der Waals surface area contributed by atoms with Gasteiger partial charge < -0.3 is 9.47 Å². The van der Waals surface area contributed by atoms with Crippen molar-refractivity contribution in [1.29, 1.82) is 0 Å². The van der Waals surface area contributed by atoms with Gasteiger partial charge in [0.15, 0.2) is 5.82 Å². The first-order valence-corrected chi connectivity index (χ1v) is 15.4. The standard InChI is InChI=1S/C38H34ClN3O3/c1-5-44-36-19-25(4)32(21-31(36)24(2)3)37-41-34-16-9-8-15-30(34)38(43)42(37)40-22-26-17-18-35(33(39)20-26)45-23-28-13-10-12-27-11-6-7-14-29(27)28/h6-22,24H,5,23H2,1-4H3. The fraction of sp³-hybridized carbons (Fsp3) is 0.184. The Morgan fingerprint density at radius 3 is 2.42 bits per heavy atom. The number of benzene rings is 5. The van der Waals surface area contributed by atoms with E-state index in [2.05, 4.69) is 49.3 Å². The molecule has 0 atom stereocenters. The normalized spacial score (nSPS) is 11.6. The summed E-state index contributed by atoms with van der Waals surface area (Å²) in [6.45, 7) is 9.16. The Kier molecular flexibility index (Phi) is 8.67. The number of hydrogen-bond donors (Lipinski definition) is 0. The molecule has 5 aromatic carbocycles. The minimum atomic E-state index is -0.257. The second-order valence-electron chi connectivity index (χ2n) is 11.2. The van der Waals surface area contributed by atoms with Gasteiger partial charge in [-0.3, -0.25) is 4.79 Å². The van der Waals surface area contributed by atoms with Crippen molar-refractivity contribution < 1.29 is 9.47 Å². The van der Waals surface area contributed by atoms with Crippen LogP contribution in [0.4, 0.5) is 0 Å². The molecule has 226 valence electrons. The highest BCUT2D eigenvalue weighted by atomic mass is 35.5. The fourth-order valence-corrected chi connectivity index (χ4v) is 5.73. The van der Waals surface area contributed by atoms with Crippen molar-refractivity contribution in [3.05, 3.63) is 135 Å². The molecule has 0 unspecified atom stereocenters. The highest BCUT2D eigenvalue weighted by molar-refractivity contribution is 6.32. The first kappa shape index (κ1) is 30.1. The molecule has 0 aliphatic rings. The Morgan fingerprint density at radius 2 is 1.64 bits per heavy atom. The third-order valence-electron chi connectivity index (χ3n) is 7.81. The second kappa shape index (κ2) is 13.0. The molecule has 0 radical (unpaired) electrons. The van der Waals surface area contributed by atoms with Gasteiger partial charge in [0.1, 0.15) is 18.1 Å². The summed E-state index contributed by atoms with van der Waals surface area (Å²) in [6.07, 6.45) is 1.62. The van der Waals surface area contributed by atoms with Crippen molar-refractivity contribution in [2.75, 3.05) is 6.61 Å². The van der Waals surface area contributed by atoms with Crippen molar-refractivity contribution in [1.82, 2.24) is 9.66 Å². The van der Waals surface area contributed by atoms with E-state index in [0.717, 1.165) is 44.3 Å². The maximum Gasteiger partial charge on any atom is 0.282 e. The molecule has 0 aliphatic carbocycles. The van der Waals surface area contributed by atoms with Gasteiger partial charge in [0.25, 0.3) is 5.56 Å². The number of rotatable bonds is 9. The second-order valence-corrected chi connectivity index (χ2v) is 11.6. The van der Waals surface area contributed by atoms with Crippen LogP contribution in [0.5, 0.6) is 11.5 Å². The molecule has 1 heterocycles. The molecule has 1 aromatic heterocycles. The Balaban J connectivity index is 1.35.